The Morgan fingerprint density at radius 3 is 2.50 bits per heavy atom. The average molecular weight is 305 g/mol. The van der Waals surface area contributed by atoms with Gasteiger partial charge in [0, 0.05) is 18.5 Å². The Hall–Kier alpha value is -1.39. The summed E-state index contributed by atoms with van der Waals surface area (Å²) in [5.41, 5.74) is 4.56. The molecule has 22 heavy (non-hydrogen) atoms. The number of benzene rings is 1. The summed E-state index contributed by atoms with van der Waals surface area (Å²) < 4.78 is 0. The molecule has 1 amide bonds. The van der Waals surface area contributed by atoms with E-state index in [0.29, 0.717) is 0 Å². The maximum atomic E-state index is 12.7. The lowest BCUT2D eigenvalue weighted by Crippen LogP contribution is -3.20. The molecule has 1 fully saturated rings. The first-order valence-electron chi connectivity index (χ1n) is 8.41. The minimum atomic E-state index is 0.111. The fourth-order valence-corrected chi connectivity index (χ4v) is 3.53. The molecule has 122 valence electrons. The summed E-state index contributed by atoms with van der Waals surface area (Å²) in [4.78, 5) is 15.6. The Balaban J connectivity index is 2.05. The Morgan fingerprint density at radius 2 is 1.91 bits per heavy atom. The van der Waals surface area contributed by atoms with Crippen LogP contribution in [0.2, 0.25) is 0 Å². The minimum Gasteiger partial charge on any atom is -0.335 e. The molecule has 0 radical (unpaired) electrons. The molecule has 2 rings (SSSR count). The van der Waals surface area contributed by atoms with Gasteiger partial charge in [-0.2, -0.15) is 0 Å². The topological polar surface area (TPSA) is 38.0 Å². The molecule has 0 saturated carbocycles. The highest BCUT2D eigenvalue weighted by molar-refractivity contribution is 5.95. The summed E-state index contributed by atoms with van der Waals surface area (Å²) in [5.74, 6) is 0.191. The van der Waals surface area contributed by atoms with Crippen LogP contribution < -0.4 is 15.1 Å². The van der Waals surface area contributed by atoms with E-state index in [9.17, 15) is 4.79 Å². The van der Waals surface area contributed by atoms with Gasteiger partial charge >= 0.3 is 0 Å². The molecule has 1 aromatic carbocycles. The van der Waals surface area contributed by atoms with Gasteiger partial charge in [-0.15, -0.1) is 0 Å². The van der Waals surface area contributed by atoms with Crippen LogP contribution in [0, 0.1) is 20.8 Å². The van der Waals surface area contributed by atoms with Crippen LogP contribution in [0.5, 0.6) is 0 Å². The smallest absolute Gasteiger partial charge is 0.282 e. The lowest BCUT2D eigenvalue weighted by atomic mass is 10.0. The fourth-order valence-electron chi connectivity index (χ4n) is 3.53. The summed E-state index contributed by atoms with van der Waals surface area (Å²) in [6.45, 7) is 9.55. The number of carbonyl (C=O) groups excluding carboxylic acids is 1. The number of likely N-dealkylation sites (tertiary alicyclic amines) is 1. The summed E-state index contributed by atoms with van der Waals surface area (Å²) in [6.07, 6.45) is 2.16. The average Bonchev–Trinajstić information content (AvgIpc) is 2.88. The van der Waals surface area contributed by atoms with Gasteiger partial charge in [-0.3, -0.25) is 4.79 Å². The molecule has 0 aliphatic carbocycles. The molecule has 1 aliphatic heterocycles. The maximum absolute atomic E-state index is 12.7. The monoisotopic (exact) mass is 305 g/mol. The van der Waals surface area contributed by atoms with Gasteiger partial charge in [-0.25, -0.2) is 0 Å². The van der Waals surface area contributed by atoms with Crippen molar-refractivity contribution in [2.24, 2.45) is 0 Å². The number of anilines is 1. The Labute approximate surface area is 134 Å². The first-order valence-corrected chi connectivity index (χ1v) is 8.41. The Morgan fingerprint density at radius 1 is 1.27 bits per heavy atom. The van der Waals surface area contributed by atoms with Gasteiger partial charge in [0.1, 0.15) is 13.1 Å². The van der Waals surface area contributed by atoms with E-state index < -0.39 is 0 Å². The van der Waals surface area contributed by atoms with Crippen LogP contribution in [-0.4, -0.2) is 45.7 Å². The molecule has 0 aromatic heterocycles. The molecule has 1 aliphatic rings. The standard InChI is InChI=1S/C18H29N3O/c1-13-11-14(2)17(15(3)12-13)19-18(22)16-7-6-8-21(16)10-9-20(4)5/h11-12,16H,6-10H2,1-5H3,(H,19,22)/p+2/t16-/m0/s1. The Bertz CT molecular complexity index is 516. The quantitative estimate of drug-likeness (QED) is 0.689. The van der Waals surface area contributed by atoms with Crippen LogP contribution in [0.1, 0.15) is 29.5 Å². The maximum Gasteiger partial charge on any atom is 0.282 e. The predicted molar refractivity (Wildman–Crippen MR) is 90.7 cm³/mol. The highest BCUT2D eigenvalue weighted by atomic mass is 16.2. The van der Waals surface area contributed by atoms with Crippen LogP contribution >= 0.6 is 0 Å². The minimum absolute atomic E-state index is 0.111. The number of nitrogens with one attached hydrogen (secondary N) is 3. The van der Waals surface area contributed by atoms with Crippen LogP contribution in [0.15, 0.2) is 12.1 Å². The lowest BCUT2D eigenvalue weighted by molar-refractivity contribution is -0.943. The van der Waals surface area contributed by atoms with E-state index in [-0.39, 0.29) is 11.9 Å². The van der Waals surface area contributed by atoms with Gasteiger partial charge in [-0.05, 0) is 31.9 Å². The van der Waals surface area contributed by atoms with Crippen LogP contribution in [0.25, 0.3) is 0 Å². The molecule has 1 aromatic rings. The van der Waals surface area contributed by atoms with E-state index >= 15 is 0 Å². The number of quaternary nitrogens is 2. The molecular weight excluding hydrogens is 274 g/mol. The molecule has 4 heteroatoms. The Kier molecular flexibility index (Phi) is 5.59. The lowest BCUT2D eigenvalue weighted by Gasteiger charge is -2.22. The van der Waals surface area contributed by atoms with E-state index in [1.165, 1.54) is 15.4 Å². The zero-order valence-electron chi connectivity index (χ0n) is 14.7. The number of hydrogen-bond acceptors (Lipinski definition) is 1. The van der Waals surface area contributed by atoms with Gasteiger partial charge < -0.3 is 15.1 Å². The summed E-state index contributed by atoms with van der Waals surface area (Å²) in [5, 5.41) is 3.20. The molecule has 0 bridgehead atoms. The van der Waals surface area contributed by atoms with Crippen molar-refractivity contribution in [1.29, 1.82) is 0 Å². The van der Waals surface area contributed by atoms with Crippen molar-refractivity contribution < 1.29 is 14.6 Å². The van der Waals surface area contributed by atoms with Crippen molar-refractivity contribution in [3.63, 3.8) is 0 Å². The normalized spacial score (nSPS) is 21.4. The SMILES string of the molecule is Cc1cc(C)c(NC(=O)[C@@H]2CCC[NH+]2CC[NH+](C)C)c(C)c1. The van der Waals surface area contributed by atoms with Crippen molar-refractivity contribution >= 4 is 11.6 Å². The predicted octanol–water partition coefficient (Wildman–Crippen LogP) is -0.258. The second kappa shape index (κ2) is 7.25. The molecule has 1 heterocycles. The molecular formula is C18H31N3O+2. The van der Waals surface area contributed by atoms with E-state index in [1.54, 1.807) is 0 Å². The second-order valence-corrected chi connectivity index (χ2v) is 7.07. The van der Waals surface area contributed by atoms with Crippen LogP contribution in [0.3, 0.4) is 0 Å². The summed E-state index contributed by atoms with van der Waals surface area (Å²) >= 11 is 0. The number of carbonyl (C=O) groups is 1. The van der Waals surface area contributed by atoms with Gasteiger partial charge in [-0.1, -0.05) is 17.7 Å². The number of rotatable bonds is 5. The van der Waals surface area contributed by atoms with Gasteiger partial charge in [0.15, 0.2) is 6.04 Å². The first kappa shape index (κ1) is 17.0. The molecule has 0 spiro atoms. The van der Waals surface area contributed by atoms with Gasteiger partial charge in [0.2, 0.25) is 0 Å². The van der Waals surface area contributed by atoms with Gasteiger partial charge in [0.25, 0.3) is 5.91 Å². The van der Waals surface area contributed by atoms with E-state index in [4.69, 9.17) is 0 Å². The summed E-state index contributed by atoms with van der Waals surface area (Å²) in [7, 11) is 4.34. The van der Waals surface area contributed by atoms with E-state index in [0.717, 1.165) is 49.3 Å². The van der Waals surface area contributed by atoms with Crippen molar-refractivity contribution in [2.45, 2.75) is 39.7 Å². The number of hydrogen-bond donors (Lipinski definition) is 3. The van der Waals surface area contributed by atoms with Crippen molar-refractivity contribution in [1.82, 2.24) is 0 Å². The van der Waals surface area contributed by atoms with Gasteiger partial charge in [0.05, 0.1) is 20.6 Å². The van der Waals surface area contributed by atoms with Crippen molar-refractivity contribution in [2.75, 3.05) is 39.0 Å². The zero-order chi connectivity index (χ0) is 16.3. The molecule has 2 atom stereocenters. The van der Waals surface area contributed by atoms with E-state index in [2.05, 4.69) is 52.3 Å². The van der Waals surface area contributed by atoms with E-state index in [1.807, 2.05) is 0 Å². The van der Waals surface area contributed by atoms with Crippen molar-refractivity contribution in [3.8, 4) is 0 Å². The molecule has 4 nitrogen and oxygen atoms in total. The number of likely N-dealkylation sites (N-methyl/N-ethyl adjacent to an activating group) is 1. The molecule has 3 N–H and O–H groups in total. The zero-order valence-corrected chi connectivity index (χ0v) is 14.7. The third kappa shape index (κ3) is 4.08. The number of amides is 1. The first-order chi connectivity index (χ1) is 10.4. The second-order valence-electron chi connectivity index (χ2n) is 7.07. The molecule has 1 saturated heterocycles. The third-order valence-electron chi connectivity index (χ3n) is 4.67. The highest BCUT2D eigenvalue weighted by Crippen LogP contribution is 2.22. The highest BCUT2D eigenvalue weighted by Gasteiger charge is 2.35. The number of aryl methyl sites for hydroxylation is 3. The van der Waals surface area contributed by atoms with Crippen molar-refractivity contribution in [3.05, 3.63) is 28.8 Å². The van der Waals surface area contributed by atoms with Crippen LogP contribution in [-0.2, 0) is 4.79 Å². The van der Waals surface area contributed by atoms with Crippen LogP contribution in [0.4, 0.5) is 5.69 Å². The fraction of sp³-hybridized carbons (Fsp3) is 0.611. The third-order valence-corrected chi connectivity index (χ3v) is 4.67. The molecule has 1 unspecified atom stereocenters. The summed E-state index contributed by atoms with van der Waals surface area (Å²) in [6, 6.07) is 4.38. The largest absolute Gasteiger partial charge is 0.335 e.